The van der Waals surface area contributed by atoms with Gasteiger partial charge in [0.15, 0.2) is 6.61 Å². The SMILES string of the molecule is C[C@@H]1CCCC[C@@H]1NC(=O)COc1nc[nH]c(=O)c1[N+](=O)[O-]. The van der Waals surface area contributed by atoms with Gasteiger partial charge in [0.25, 0.3) is 5.91 Å². The fourth-order valence-electron chi connectivity index (χ4n) is 2.56. The van der Waals surface area contributed by atoms with Gasteiger partial charge < -0.3 is 15.0 Å². The molecule has 0 unspecified atom stereocenters. The van der Waals surface area contributed by atoms with Crippen LogP contribution in [0.15, 0.2) is 11.1 Å². The van der Waals surface area contributed by atoms with Crippen LogP contribution in [0.4, 0.5) is 5.69 Å². The molecule has 2 atom stereocenters. The van der Waals surface area contributed by atoms with E-state index in [0.29, 0.717) is 5.92 Å². The molecule has 1 aromatic heterocycles. The summed E-state index contributed by atoms with van der Waals surface area (Å²) in [6.07, 6.45) is 5.19. The maximum Gasteiger partial charge on any atom is 0.395 e. The van der Waals surface area contributed by atoms with Crippen LogP contribution >= 0.6 is 0 Å². The van der Waals surface area contributed by atoms with E-state index in [0.717, 1.165) is 32.0 Å². The van der Waals surface area contributed by atoms with Crippen molar-refractivity contribution in [2.24, 2.45) is 5.92 Å². The van der Waals surface area contributed by atoms with Crippen molar-refractivity contribution in [3.05, 3.63) is 26.8 Å². The molecular formula is C13H18N4O5. The Morgan fingerprint density at radius 1 is 1.55 bits per heavy atom. The molecule has 120 valence electrons. The average molecular weight is 310 g/mol. The predicted octanol–water partition coefficient (Wildman–Crippen LogP) is 0.752. The van der Waals surface area contributed by atoms with E-state index in [9.17, 15) is 19.7 Å². The van der Waals surface area contributed by atoms with Crippen LogP contribution in [-0.4, -0.2) is 33.4 Å². The van der Waals surface area contributed by atoms with Gasteiger partial charge in [0.1, 0.15) is 0 Å². The number of carbonyl (C=O) groups is 1. The Labute approximate surface area is 126 Å². The summed E-state index contributed by atoms with van der Waals surface area (Å²) in [5, 5.41) is 13.7. The third-order valence-corrected chi connectivity index (χ3v) is 3.78. The van der Waals surface area contributed by atoms with Gasteiger partial charge in [0.05, 0.1) is 11.3 Å². The van der Waals surface area contributed by atoms with Crippen LogP contribution in [0, 0.1) is 16.0 Å². The van der Waals surface area contributed by atoms with E-state index in [-0.39, 0.29) is 11.9 Å². The number of carbonyl (C=O) groups excluding carboxylic acids is 1. The number of nitro groups is 1. The van der Waals surface area contributed by atoms with Gasteiger partial charge in [-0.25, -0.2) is 0 Å². The molecule has 9 heteroatoms. The summed E-state index contributed by atoms with van der Waals surface area (Å²) in [4.78, 5) is 38.9. The van der Waals surface area contributed by atoms with Crippen LogP contribution in [-0.2, 0) is 4.79 Å². The van der Waals surface area contributed by atoms with Gasteiger partial charge in [-0.05, 0) is 18.8 Å². The zero-order valence-corrected chi connectivity index (χ0v) is 12.2. The Bertz CT molecular complexity index is 615. The number of nitrogens with zero attached hydrogens (tertiary/aromatic N) is 2. The van der Waals surface area contributed by atoms with Gasteiger partial charge in [-0.1, -0.05) is 19.8 Å². The first-order valence-electron chi connectivity index (χ1n) is 7.13. The van der Waals surface area contributed by atoms with Crippen molar-refractivity contribution in [3.63, 3.8) is 0 Å². The third-order valence-electron chi connectivity index (χ3n) is 3.78. The van der Waals surface area contributed by atoms with Gasteiger partial charge in [-0.3, -0.25) is 19.7 Å². The van der Waals surface area contributed by atoms with Crippen LogP contribution in [0.25, 0.3) is 0 Å². The van der Waals surface area contributed by atoms with E-state index < -0.39 is 28.7 Å². The van der Waals surface area contributed by atoms with E-state index in [4.69, 9.17) is 4.74 Å². The maximum absolute atomic E-state index is 11.9. The second-order valence-electron chi connectivity index (χ2n) is 5.37. The highest BCUT2D eigenvalue weighted by Crippen LogP contribution is 2.23. The van der Waals surface area contributed by atoms with Gasteiger partial charge in [-0.2, -0.15) is 4.98 Å². The topological polar surface area (TPSA) is 127 Å². The lowest BCUT2D eigenvalue weighted by atomic mass is 9.86. The zero-order chi connectivity index (χ0) is 16.1. The van der Waals surface area contributed by atoms with Gasteiger partial charge in [-0.15, -0.1) is 0 Å². The summed E-state index contributed by atoms with van der Waals surface area (Å²) in [6.45, 7) is 1.66. The molecule has 1 fully saturated rings. The fraction of sp³-hybridized carbons (Fsp3) is 0.615. The van der Waals surface area contributed by atoms with Crippen molar-refractivity contribution in [3.8, 4) is 5.88 Å². The summed E-state index contributed by atoms with van der Waals surface area (Å²) in [5.74, 6) is -0.444. The molecule has 0 radical (unpaired) electrons. The van der Waals surface area contributed by atoms with Crippen molar-refractivity contribution in [1.29, 1.82) is 0 Å². The molecule has 0 aromatic carbocycles. The van der Waals surface area contributed by atoms with E-state index in [2.05, 4.69) is 22.2 Å². The van der Waals surface area contributed by atoms with Gasteiger partial charge >= 0.3 is 17.1 Å². The first-order chi connectivity index (χ1) is 10.5. The molecule has 1 aliphatic carbocycles. The second-order valence-corrected chi connectivity index (χ2v) is 5.37. The van der Waals surface area contributed by atoms with Crippen molar-refractivity contribution in [2.45, 2.75) is 38.6 Å². The first-order valence-corrected chi connectivity index (χ1v) is 7.13. The lowest BCUT2D eigenvalue weighted by molar-refractivity contribution is -0.387. The number of ether oxygens (including phenoxy) is 1. The molecule has 1 saturated carbocycles. The molecule has 0 aliphatic heterocycles. The summed E-state index contributed by atoms with van der Waals surface area (Å²) in [5.41, 5.74) is -1.72. The molecule has 0 saturated heterocycles. The number of hydrogen-bond donors (Lipinski definition) is 2. The number of aromatic amines is 1. The number of aromatic nitrogens is 2. The summed E-state index contributed by atoms with van der Waals surface area (Å²) >= 11 is 0. The summed E-state index contributed by atoms with van der Waals surface area (Å²) < 4.78 is 5.03. The lowest BCUT2D eigenvalue weighted by Gasteiger charge is -2.29. The monoisotopic (exact) mass is 310 g/mol. The highest BCUT2D eigenvalue weighted by molar-refractivity contribution is 5.77. The molecule has 0 bridgehead atoms. The molecule has 2 rings (SSSR count). The number of hydrogen-bond acceptors (Lipinski definition) is 6. The molecule has 2 N–H and O–H groups in total. The zero-order valence-electron chi connectivity index (χ0n) is 12.2. The summed E-state index contributed by atoms with van der Waals surface area (Å²) in [6, 6.07) is 0.0898. The predicted molar refractivity (Wildman–Crippen MR) is 76.6 cm³/mol. The maximum atomic E-state index is 11.9. The minimum absolute atomic E-state index is 0.0898. The molecule has 1 aliphatic rings. The van der Waals surface area contributed by atoms with Gasteiger partial charge in [0, 0.05) is 6.04 Å². The van der Waals surface area contributed by atoms with Crippen molar-refractivity contribution < 1.29 is 14.5 Å². The number of rotatable bonds is 5. The Hall–Kier alpha value is -2.45. The minimum Gasteiger partial charge on any atom is -0.463 e. The Morgan fingerprint density at radius 3 is 2.95 bits per heavy atom. The van der Waals surface area contributed by atoms with Crippen molar-refractivity contribution >= 4 is 11.6 Å². The van der Waals surface area contributed by atoms with Crippen LogP contribution < -0.4 is 15.6 Å². The molecule has 1 heterocycles. The molecule has 0 spiro atoms. The Kier molecular flexibility index (Phi) is 5.08. The lowest BCUT2D eigenvalue weighted by Crippen LogP contribution is -2.43. The smallest absolute Gasteiger partial charge is 0.395 e. The van der Waals surface area contributed by atoms with Gasteiger partial charge in [0.2, 0.25) is 0 Å². The fourth-order valence-corrected chi connectivity index (χ4v) is 2.56. The average Bonchev–Trinajstić information content (AvgIpc) is 2.47. The summed E-state index contributed by atoms with van der Waals surface area (Å²) in [7, 11) is 0. The Balaban J connectivity index is 1.95. The molecular weight excluding hydrogens is 292 g/mol. The molecule has 22 heavy (non-hydrogen) atoms. The van der Waals surface area contributed by atoms with E-state index in [1.807, 2.05) is 0 Å². The van der Waals surface area contributed by atoms with Crippen LogP contribution in [0.3, 0.4) is 0 Å². The third kappa shape index (κ3) is 3.80. The van der Waals surface area contributed by atoms with Crippen molar-refractivity contribution in [1.82, 2.24) is 15.3 Å². The number of H-pyrrole nitrogens is 1. The first kappa shape index (κ1) is 15.9. The molecule has 1 aromatic rings. The largest absolute Gasteiger partial charge is 0.463 e. The second kappa shape index (κ2) is 7.01. The standard InChI is InChI=1S/C13H18N4O5/c1-8-4-2-3-5-9(8)16-10(18)6-22-13-11(17(20)21)12(19)14-7-15-13/h7-9H,2-6H2,1H3,(H,16,18)(H,14,15,19)/t8-,9+/m1/s1. The van der Waals surface area contributed by atoms with E-state index >= 15 is 0 Å². The highest BCUT2D eigenvalue weighted by Gasteiger charge is 2.25. The van der Waals surface area contributed by atoms with E-state index in [1.165, 1.54) is 0 Å². The van der Waals surface area contributed by atoms with Crippen LogP contribution in [0.1, 0.15) is 32.6 Å². The van der Waals surface area contributed by atoms with Crippen LogP contribution in [0.5, 0.6) is 5.88 Å². The van der Waals surface area contributed by atoms with Crippen LogP contribution in [0.2, 0.25) is 0 Å². The number of nitrogens with one attached hydrogen (secondary N) is 2. The molecule has 9 nitrogen and oxygen atoms in total. The number of amides is 1. The minimum atomic E-state index is -0.920. The quantitative estimate of drug-likeness (QED) is 0.610. The highest BCUT2D eigenvalue weighted by atomic mass is 16.6. The Morgan fingerprint density at radius 2 is 2.27 bits per heavy atom. The molecule has 1 amide bonds. The van der Waals surface area contributed by atoms with Crippen molar-refractivity contribution in [2.75, 3.05) is 6.61 Å². The normalized spacial score (nSPS) is 21.1. The van der Waals surface area contributed by atoms with E-state index in [1.54, 1.807) is 0 Å².